The summed E-state index contributed by atoms with van der Waals surface area (Å²) in [5.74, 6) is 1.83. The van der Waals surface area contributed by atoms with Crippen molar-refractivity contribution >= 4 is 11.6 Å². The van der Waals surface area contributed by atoms with Gasteiger partial charge in [-0.05, 0) is 23.6 Å². The molecule has 0 fully saturated rings. The first-order chi connectivity index (χ1) is 9.60. The first-order valence-electron chi connectivity index (χ1n) is 6.49. The highest BCUT2D eigenvalue weighted by atomic mass is 35.5. The second-order valence-corrected chi connectivity index (χ2v) is 5.37. The van der Waals surface area contributed by atoms with Crippen molar-refractivity contribution in [1.82, 2.24) is 14.8 Å². The van der Waals surface area contributed by atoms with Gasteiger partial charge in [-0.15, -0.1) is 0 Å². The summed E-state index contributed by atoms with van der Waals surface area (Å²) in [6, 6.07) is 5.22. The predicted molar refractivity (Wildman–Crippen MR) is 76.6 cm³/mol. The van der Waals surface area contributed by atoms with Crippen LogP contribution in [0.1, 0.15) is 25.2 Å². The lowest BCUT2D eigenvalue weighted by Crippen LogP contribution is -2.12. The smallest absolute Gasteiger partial charge is 0.164 e. The van der Waals surface area contributed by atoms with Gasteiger partial charge in [0, 0.05) is 6.54 Å². The number of benzene rings is 1. The number of halogens is 1. The molecule has 0 saturated carbocycles. The van der Waals surface area contributed by atoms with Crippen molar-refractivity contribution in [2.45, 2.75) is 33.6 Å². The van der Waals surface area contributed by atoms with Gasteiger partial charge < -0.3 is 9.84 Å². The molecule has 0 bridgehead atoms. The van der Waals surface area contributed by atoms with Crippen LogP contribution in [0.25, 0.3) is 0 Å². The van der Waals surface area contributed by atoms with Crippen molar-refractivity contribution in [1.29, 1.82) is 0 Å². The largest absolute Gasteiger partial charge is 0.484 e. The number of hydrogen-bond acceptors (Lipinski definition) is 4. The Kier molecular flexibility index (Phi) is 4.98. The summed E-state index contributed by atoms with van der Waals surface area (Å²) in [7, 11) is 0. The van der Waals surface area contributed by atoms with Crippen LogP contribution in [0, 0.1) is 5.92 Å². The first kappa shape index (κ1) is 14.8. The fourth-order valence-corrected chi connectivity index (χ4v) is 2.06. The molecule has 1 heterocycles. The van der Waals surface area contributed by atoms with Crippen LogP contribution in [0.3, 0.4) is 0 Å². The SMILES string of the molecule is CC(C)Cn1ncnc1COc1ccc(CO)cc1Cl. The molecule has 6 heteroatoms. The number of aliphatic hydroxyl groups excluding tert-OH is 1. The molecule has 108 valence electrons. The van der Waals surface area contributed by atoms with Gasteiger partial charge in [0.25, 0.3) is 0 Å². The Morgan fingerprint density at radius 3 is 2.85 bits per heavy atom. The van der Waals surface area contributed by atoms with Crippen LogP contribution in [0.5, 0.6) is 5.75 Å². The van der Waals surface area contributed by atoms with Crippen LogP contribution in [-0.4, -0.2) is 19.9 Å². The Balaban J connectivity index is 2.03. The molecule has 20 heavy (non-hydrogen) atoms. The molecule has 1 aromatic carbocycles. The van der Waals surface area contributed by atoms with Crippen molar-refractivity contribution in [2.75, 3.05) is 0 Å². The van der Waals surface area contributed by atoms with Gasteiger partial charge in [0.2, 0.25) is 0 Å². The fourth-order valence-electron chi connectivity index (χ4n) is 1.80. The lowest BCUT2D eigenvalue weighted by Gasteiger charge is -2.11. The number of ether oxygens (including phenoxy) is 1. The summed E-state index contributed by atoms with van der Waals surface area (Å²) in [4.78, 5) is 4.19. The van der Waals surface area contributed by atoms with Gasteiger partial charge in [-0.1, -0.05) is 31.5 Å². The van der Waals surface area contributed by atoms with Gasteiger partial charge in [-0.2, -0.15) is 5.10 Å². The number of aliphatic hydroxyl groups is 1. The molecule has 1 aromatic heterocycles. The maximum Gasteiger partial charge on any atom is 0.164 e. The average molecular weight is 296 g/mol. The van der Waals surface area contributed by atoms with Crippen LogP contribution in [0.2, 0.25) is 5.02 Å². The van der Waals surface area contributed by atoms with Crippen LogP contribution in [0.15, 0.2) is 24.5 Å². The van der Waals surface area contributed by atoms with Crippen LogP contribution >= 0.6 is 11.6 Å². The zero-order valence-electron chi connectivity index (χ0n) is 11.6. The van der Waals surface area contributed by atoms with E-state index in [9.17, 15) is 0 Å². The maximum atomic E-state index is 9.03. The summed E-state index contributed by atoms with van der Waals surface area (Å²) in [5.41, 5.74) is 0.755. The van der Waals surface area contributed by atoms with E-state index in [-0.39, 0.29) is 6.61 Å². The van der Waals surface area contributed by atoms with E-state index in [0.717, 1.165) is 17.9 Å². The Bertz CT molecular complexity index is 569. The minimum atomic E-state index is -0.0390. The monoisotopic (exact) mass is 295 g/mol. The highest BCUT2D eigenvalue weighted by Crippen LogP contribution is 2.26. The molecule has 5 nitrogen and oxygen atoms in total. The standard InChI is InChI=1S/C14H18ClN3O2/c1-10(2)6-18-14(16-9-17-18)8-20-13-4-3-11(7-19)5-12(13)15/h3-5,9-10,19H,6-8H2,1-2H3. The summed E-state index contributed by atoms with van der Waals surface area (Å²) >= 11 is 6.09. The van der Waals surface area contributed by atoms with Crippen LogP contribution in [-0.2, 0) is 19.8 Å². The summed E-state index contributed by atoms with van der Waals surface area (Å²) < 4.78 is 7.50. The molecule has 0 atom stereocenters. The summed E-state index contributed by atoms with van der Waals surface area (Å²) in [5, 5.41) is 13.7. The van der Waals surface area contributed by atoms with Gasteiger partial charge >= 0.3 is 0 Å². The molecule has 0 spiro atoms. The van der Waals surface area contributed by atoms with E-state index in [4.69, 9.17) is 21.4 Å². The Morgan fingerprint density at radius 2 is 2.20 bits per heavy atom. The molecule has 0 aliphatic carbocycles. The molecule has 0 amide bonds. The van der Waals surface area contributed by atoms with Crippen molar-refractivity contribution in [3.8, 4) is 5.75 Å². The molecular formula is C14H18ClN3O2. The molecule has 2 aromatic rings. The van der Waals surface area contributed by atoms with Crippen LogP contribution in [0.4, 0.5) is 0 Å². The summed E-state index contributed by atoms with van der Waals surface area (Å²) in [6.07, 6.45) is 1.53. The first-order valence-corrected chi connectivity index (χ1v) is 6.86. The minimum absolute atomic E-state index is 0.0390. The molecular weight excluding hydrogens is 278 g/mol. The normalized spacial score (nSPS) is 11.1. The minimum Gasteiger partial charge on any atom is -0.484 e. The van der Waals surface area contributed by atoms with Gasteiger partial charge in [-0.25, -0.2) is 9.67 Å². The average Bonchev–Trinajstić information content (AvgIpc) is 2.83. The van der Waals surface area contributed by atoms with Gasteiger partial charge in [0.15, 0.2) is 5.82 Å². The molecule has 0 saturated heterocycles. The van der Waals surface area contributed by atoms with Crippen molar-refractivity contribution in [3.05, 3.63) is 40.9 Å². The van der Waals surface area contributed by atoms with E-state index in [2.05, 4.69) is 23.9 Å². The topological polar surface area (TPSA) is 60.2 Å². The van der Waals surface area contributed by atoms with E-state index in [1.54, 1.807) is 18.2 Å². The maximum absolute atomic E-state index is 9.03. The number of rotatable bonds is 6. The third-order valence-electron chi connectivity index (χ3n) is 2.77. The molecule has 0 aliphatic rings. The Hall–Kier alpha value is -1.59. The van der Waals surface area contributed by atoms with Gasteiger partial charge in [0.05, 0.1) is 11.6 Å². The lowest BCUT2D eigenvalue weighted by molar-refractivity contribution is 0.277. The van der Waals surface area contributed by atoms with E-state index in [1.807, 2.05) is 4.68 Å². The van der Waals surface area contributed by atoms with Crippen molar-refractivity contribution in [3.63, 3.8) is 0 Å². The second-order valence-electron chi connectivity index (χ2n) is 4.96. The molecule has 2 rings (SSSR count). The zero-order valence-corrected chi connectivity index (χ0v) is 12.3. The quantitative estimate of drug-likeness (QED) is 0.890. The molecule has 1 N–H and O–H groups in total. The third-order valence-corrected chi connectivity index (χ3v) is 3.06. The number of aromatic nitrogens is 3. The predicted octanol–water partition coefficient (Wildman–Crippen LogP) is 2.66. The van der Waals surface area contributed by atoms with Gasteiger partial charge in [0.1, 0.15) is 18.7 Å². The Morgan fingerprint density at radius 1 is 1.40 bits per heavy atom. The van der Waals surface area contributed by atoms with Gasteiger partial charge in [-0.3, -0.25) is 0 Å². The van der Waals surface area contributed by atoms with E-state index in [0.29, 0.717) is 23.3 Å². The fraction of sp³-hybridized carbons (Fsp3) is 0.429. The Labute approximate surface area is 123 Å². The van der Waals surface area contributed by atoms with Crippen LogP contribution < -0.4 is 4.74 Å². The van der Waals surface area contributed by atoms with Crippen molar-refractivity contribution < 1.29 is 9.84 Å². The molecule has 0 radical (unpaired) electrons. The van der Waals surface area contributed by atoms with E-state index in [1.165, 1.54) is 6.33 Å². The second kappa shape index (κ2) is 6.72. The number of nitrogens with zero attached hydrogens (tertiary/aromatic N) is 3. The molecule has 0 unspecified atom stereocenters. The highest BCUT2D eigenvalue weighted by molar-refractivity contribution is 6.32. The van der Waals surface area contributed by atoms with Crippen molar-refractivity contribution in [2.24, 2.45) is 5.92 Å². The third kappa shape index (κ3) is 3.71. The highest BCUT2D eigenvalue weighted by Gasteiger charge is 2.09. The summed E-state index contributed by atoms with van der Waals surface area (Å²) in [6.45, 7) is 5.32. The number of hydrogen-bond donors (Lipinski definition) is 1. The lowest BCUT2D eigenvalue weighted by atomic mass is 10.2. The molecule has 0 aliphatic heterocycles. The van der Waals surface area contributed by atoms with E-state index < -0.39 is 0 Å². The zero-order chi connectivity index (χ0) is 14.5. The van der Waals surface area contributed by atoms with E-state index >= 15 is 0 Å².